The van der Waals surface area contributed by atoms with E-state index in [9.17, 15) is 0 Å². The number of nitrogens with zero attached hydrogens (tertiary/aromatic N) is 4. The lowest BCUT2D eigenvalue weighted by atomic mass is 10.1. The summed E-state index contributed by atoms with van der Waals surface area (Å²) >= 11 is 0. The van der Waals surface area contributed by atoms with Gasteiger partial charge in [0.1, 0.15) is 24.3 Å². The van der Waals surface area contributed by atoms with Gasteiger partial charge >= 0.3 is 0 Å². The lowest BCUT2D eigenvalue weighted by Gasteiger charge is -2.06. The third kappa shape index (κ3) is 5.91. The van der Waals surface area contributed by atoms with E-state index in [1.807, 2.05) is 54.6 Å². The minimum Gasteiger partial charge on any atom is -0.487 e. The summed E-state index contributed by atoms with van der Waals surface area (Å²) in [7, 11) is 0. The molecule has 4 aromatic rings. The summed E-state index contributed by atoms with van der Waals surface area (Å²) in [6.45, 7) is 1.23. The van der Waals surface area contributed by atoms with Crippen molar-refractivity contribution in [3.63, 3.8) is 0 Å². The summed E-state index contributed by atoms with van der Waals surface area (Å²) in [6.07, 6.45) is 12.1. The van der Waals surface area contributed by atoms with Gasteiger partial charge in [-0.25, -0.2) is 4.98 Å². The number of ether oxygens (including phenoxy) is 1. The molecule has 2 aromatic carbocycles. The Balaban J connectivity index is 1.20. The van der Waals surface area contributed by atoms with Crippen LogP contribution in [0.15, 0.2) is 77.7 Å². The van der Waals surface area contributed by atoms with Gasteiger partial charge in [0.25, 0.3) is 0 Å². The Morgan fingerprint density at radius 2 is 1.70 bits per heavy atom. The van der Waals surface area contributed by atoms with Crippen molar-refractivity contribution in [2.75, 3.05) is 0 Å². The van der Waals surface area contributed by atoms with Gasteiger partial charge in [0.05, 0.1) is 18.9 Å². The third-order valence-corrected chi connectivity index (χ3v) is 4.64. The van der Waals surface area contributed by atoms with Gasteiger partial charge in [-0.1, -0.05) is 42.5 Å². The second kappa shape index (κ2) is 10.2. The van der Waals surface area contributed by atoms with Gasteiger partial charge in [0.2, 0.25) is 5.89 Å². The molecule has 0 aliphatic heterocycles. The zero-order valence-electron chi connectivity index (χ0n) is 16.7. The predicted octanol–water partition coefficient (Wildman–Crippen LogP) is 5.04. The van der Waals surface area contributed by atoms with Gasteiger partial charge in [-0.05, 0) is 48.6 Å². The predicted molar refractivity (Wildman–Crippen MR) is 116 cm³/mol. The maximum atomic E-state index is 5.83. The van der Waals surface area contributed by atoms with E-state index in [2.05, 4.69) is 27.3 Å². The highest BCUT2D eigenvalue weighted by Crippen LogP contribution is 2.16. The molecular weight excluding hydrogens is 376 g/mol. The highest BCUT2D eigenvalue weighted by Gasteiger charge is 2.03. The van der Waals surface area contributed by atoms with E-state index in [1.54, 1.807) is 23.5 Å². The number of oxazole rings is 1. The fourth-order valence-corrected chi connectivity index (χ4v) is 3.05. The lowest BCUT2D eigenvalue weighted by molar-refractivity contribution is 0.301. The number of unbranched alkanes of at least 4 members (excludes halogenated alkanes) is 1. The van der Waals surface area contributed by atoms with Crippen LogP contribution in [0.2, 0.25) is 0 Å². The largest absolute Gasteiger partial charge is 0.487 e. The second-order valence-corrected chi connectivity index (χ2v) is 6.94. The van der Waals surface area contributed by atoms with E-state index in [1.165, 1.54) is 5.56 Å². The molecule has 0 amide bonds. The van der Waals surface area contributed by atoms with E-state index >= 15 is 0 Å². The molecule has 152 valence electrons. The molecule has 0 unspecified atom stereocenters. The smallest absolute Gasteiger partial charge is 0.218 e. The highest BCUT2D eigenvalue weighted by molar-refractivity contribution is 5.65. The average molecular weight is 400 g/mol. The van der Waals surface area contributed by atoms with Crippen molar-refractivity contribution in [1.29, 1.82) is 0 Å². The quantitative estimate of drug-likeness (QED) is 0.349. The normalized spacial score (nSPS) is 11.2. The Bertz CT molecular complexity index is 1040. The molecule has 0 N–H and O–H groups in total. The molecule has 0 fully saturated rings. The van der Waals surface area contributed by atoms with Crippen molar-refractivity contribution in [1.82, 2.24) is 20.0 Å². The molecule has 0 aliphatic rings. The van der Waals surface area contributed by atoms with Crippen LogP contribution in [0.25, 0.3) is 12.2 Å². The second-order valence-electron chi connectivity index (χ2n) is 6.94. The Morgan fingerprint density at radius 1 is 0.900 bits per heavy atom. The SMILES string of the molecule is C(=C\c1nc(COc2ccc(CCCCn3nccn3)cc2)co1)/c1ccccc1. The average Bonchev–Trinajstić information content (AvgIpc) is 3.47. The maximum absolute atomic E-state index is 5.83. The molecule has 0 atom stereocenters. The van der Waals surface area contributed by atoms with E-state index in [-0.39, 0.29) is 0 Å². The van der Waals surface area contributed by atoms with Crippen LogP contribution in [0, 0.1) is 0 Å². The van der Waals surface area contributed by atoms with E-state index in [4.69, 9.17) is 9.15 Å². The van der Waals surface area contributed by atoms with E-state index < -0.39 is 0 Å². The Kier molecular flexibility index (Phi) is 6.68. The summed E-state index contributed by atoms with van der Waals surface area (Å²) in [5.74, 6) is 1.39. The molecule has 4 rings (SSSR count). The van der Waals surface area contributed by atoms with Crippen molar-refractivity contribution in [2.45, 2.75) is 32.4 Å². The van der Waals surface area contributed by atoms with E-state index in [0.29, 0.717) is 12.5 Å². The molecule has 6 heteroatoms. The molecule has 2 aromatic heterocycles. The van der Waals surface area contributed by atoms with Crippen LogP contribution in [0.1, 0.15) is 35.6 Å². The number of benzene rings is 2. The summed E-state index contributed by atoms with van der Waals surface area (Å²) in [5.41, 5.74) is 3.16. The minimum absolute atomic E-state index is 0.374. The molecule has 0 radical (unpaired) electrons. The van der Waals surface area contributed by atoms with Crippen molar-refractivity contribution < 1.29 is 9.15 Å². The van der Waals surface area contributed by atoms with Crippen molar-refractivity contribution in [2.24, 2.45) is 0 Å². The van der Waals surface area contributed by atoms with Crippen LogP contribution >= 0.6 is 0 Å². The summed E-state index contributed by atoms with van der Waals surface area (Å²) < 4.78 is 11.3. The van der Waals surface area contributed by atoms with Crippen molar-refractivity contribution >= 4 is 12.2 Å². The number of aromatic nitrogens is 4. The Morgan fingerprint density at radius 3 is 2.50 bits per heavy atom. The highest BCUT2D eigenvalue weighted by atomic mass is 16.5. The number of aryl methyl sites for hydroxylation is 2. The maximum Gasteiger partial charge on any atom is 0.218 e. The monoisotopic (exact) mass is 400 g/mol. The van der Waals surface area contributed by atoms with Crippen LogP contribution in [0.5, 0.6) is 5.75 Å². The topological polar surface area (TPSA) is 66.0 Å². The minimum atomic E-state index is 0.374. The third-order valence-electron chi connectivity index (χ3n) is 4.64. The number of hydrogen-bond donors (Lipinski definition) is 0. The molecule has 6 nitrogen and oxygen atoms in total. The fourth-order valence-electron chi connectivity index (χ4n) is 3.05. The van der Waals surface area contributed by atoms with Crippen LogP contribution in [0.4, 0.5) is 0 Å². The first-order valence-corrected chi connectivity index (χ1v) is 10.1. The first-order valence-electron chi connectivity index (χ1n) is 10.1. The van der Waals surface area contributed by atoms with Gasteiger partial charge in [-0.2, -0.15) is 15.0 Å². The van der Waals surface area contributed by atoms with Crippen LogP contribution < -0.4 is 4.74 Å². The van der Waals surface area contributed by atoms with Gasteiger partial charge < -0.3 is 9.15 Å². The van der Waals surface area contributed by atoms with Crippen LogP contribution in [-0.4, -0.2) is 20.0 Å². The van der Waals surface area contributed by atoms with Gasteiger partial charge in [-0.3, -0.25) is 0 Å². The summed E-state index contributed by atoms with van der Waals surface area (Å²) in [6, 6.07) is 18.3. The summed E-state index contributed by atoms with van der Waals surface area (Å²) in [5, 5.41) is 8.23. The molecule has 2 heterocycles. The standard InChI is InChI=1S/C24H24N4O2/c1-2-6-20(7-3-1)11-14-24-27-22(19-30-24)18-29-23-12-9-21(10-13-23)8-4-5-17-28-25-15-16-26-28/h1-3,6-7,9-16,19H,4-5,8,17-18H2/b14-11+. The van der Waals surface area contributed by atoms with Crippen LogP contribution in [-0.2, 0) is 19.6 Å². The Labute approximate surface area is 175 Å². The number of rotatable bonds is 10. The molecule has 0 saturated carbocycles. The van der Waals surface area contributed by atoms with Crippen molar-refractivity contribution in [3.05, 3.63) is 96.0 Å². The molecule has 0 saturated heterocycles. The van der Waals surface area contributed by atoms with Crippen LogP contribution in [0.3, 0.4) is 0 Å². The van der Waals surface area contributed by atoms with E-state index in [0.717, 1.165) is 42.8 Å². The zero-order valence-corrected chi connectivity index (χ0v) is 16.7. The van der Waals surface area contributed by atoms with Crippen molar-refractivity contribution in [3.8, 4) is 5.75 Å². The molecule has 0 aliphatic carbocycles. The molecular formula is C24H24N4O2. The van der Waals surface area contributed by atoms with Gasteiger partial charge in [0.15, 0.2) is 0 Å². The molecule has 0 bridgehead atoms. The first kappa shape index (κ1) is 19.6. The van der Waals surface area contributed by atoms with Gasteiger partial charge in [-0.15, -0.1) is 0 Å². The number of hydrogen-bond acceptors (Lipinski definition) is 5. The Hall–Kier alpha value is -3.67. The summed E-state index contributed by atoms with van der Waals surface area (Å²) in [4.78, 5) is 6.16. The lowest BCUT2D eigenvalue weighted by Crippen LogP contribution is -2.02. The van der Waals surface area contributed by atoms with Gasteiger partial charge in [0, 0.05) is 6.08 Å². The first-order chi connectivity index (χ1) is 14.8. The zero-order chi connectivity index (χ0) is 20.4. The fraction of sp³-hybridized carbons (Fsp3) is 0.208. The molecule has 0 spiro atoms. The molecule has 30 heavy (non-hydrogen) atoms.